The molecule has 0 saturated heterocycles. The highest BCUT2D eigenvalue weighted by molar-refractivity contribution is 6.08. The number of nitrogens with zero attached hydrogens (tertiary/aromatic N) is 4. The Morgan fingerprint density at radius 2 is 2.24 bits per heavy atom. The van der Waals surface area contributed by atoms with E-state index in [-0.39, 0.29) is 16.8 Å². The molecule has 1 N–H and O–H groups in total. The second-order valence-corrected chi connectivity index (χ2v) is 4.22. The Morgan fingerprint density at radius 1 is 1.38 bits per heavy atom. The molecule has 0 aliphatic heterocycles. The lowest BCUT2D eigenvalue weighted by atomic mass is 10.2. The molecular weight excluding hydrogens is 273 g/mol. The summed E-state index contributed by atoms with van der Waals surface area (Å²) in [6.07, 6.45) is 6.03. The molecular formula is C14H8FN5O. The molecule has 3 rings (SSSR count). The van der Waals surface area contributed by atoms with Crippen LogP contribution in [0.3, 0.4) is 0 Å². The average molecular weight is 281 g/mol. The van der Waals surface area contributed by atoms with E-state index >= 15 is 0 Å². The largest absolute Gasteiger partial charge is 0.319 e. The molecule has 0 aliphatic carbocycles. The molecule has 0 atom stereocenters. The van der Waals surface area contributed by atoms with Gasteiger partial charge in [-0.15, -0.1) is 0 Å². The van der Waals surface area contributed by atoms with Crippen molar-refractivity contribution in [2.24, 2.45) is 0 Å². The number of nitrogens with one attached hydrogen (secondary N) is 1. The van der Waals surface area contributed by atoms with Gasteiger partial charge in [0.05, 0.1) is 40.8 Å². The normalized spacial score (nSPS) is 10.3. The standard InChI is InChI=1S/C14H8FN5O/c15-11-5-9(6-16)1-2-12(11)19-14(21)10-7-18-20-4-3-17-8-13(10)20/h1-5,7-8H,(H,19,21). The first kappa shape index (κ1) is 12.7. The van der Waals surface area contributed by atoms with Crippen LogP contribution in [-0.2, 0) is 0 Å². The number of aromatic nitrogens is 3. The smallest absolute Gasteiger partial charge is 0.259 e. The molecule has 7 heteroatoms. The van der Waals surface area contributed by atoms with Crippen LogP contribution < -0.4 is 5.32 Å². The van der Waals surface area contributed by atoms with Gasteiger partial charge in [-0.25, -0.2) is 8.91 Å². The summed E-state index contributed by atoms with van der Waals surface area (Å²) in [7, 11) is 0. The Labute approximate surface area is 118 Å². The zero-order valence-electron chi connectivity index (χ0n) is 10.6. The van der Waals surface area contributed by atoms with Gasteiger partial charge in [0.2, 0.25) is 0 Å². The molecule has 0 fully saturated rings. The van der Waals surface area contributed by atoms with Gasteiger partial charge in [0.15, 0.2) is 0 Å². The van der Waals surface area contributed by atoms with E-state index in [4.69, 9.17) is 5.26 Å². The van der Waals surface area contributed by atoms with Crippen LogP contribution in [0, 0.1) is 17.1 Å². The SMILES string of the molecule is N#Cc1ccc(NC(=O)c2cnn3ccncc23)c(F)c1. The van der Waals surface area contributed by atoms with Crippen molar-refractivity contribution in [3.05, 3.63) is 59.9 Å². The van der Waals surface area contributed by atoms with E-state index in [0.29, 0.717) is 5.52 Å². The lowest BCUT2D eigenvalue weighted by Crippen LogP contribution is -2.13. The number of halogens is 1. The van der Waals surface area contributed by atoms with Crippen LogP contribution in [0.25, 0.3) is 5.52 Å². The second-order valence-electron chi connectivity index (χ2n) is 4.22. The Morgan fingerprint density at radius 3 is 3.00 bits per heavy atom. The zero-order chi connectivity index (χ0) is 14.8. The van der Waals surface area contributed by atoms with Gasteiger partial charge >= 0.3 is 0 Å². The van der Waals surface area contributed by atoms with Crippen molar-refractivity contribution in [2.45, 2.75) is 0 Å². The fourth-order valence-electron chi connectivity index (χ4n) is 1.89. The molecule has 3 aromatic rings. The molecule has 2 heterocycles. The molecule has 0 saturated carbocycles. The third-order valence-electron chi connectivity index (χ3n) is 2.92. The third kappa shape index (κ3) is 2.30. The zero-order valence-corrected chi connectivity index (χ0v) is 10.6. The summed E-state index contributed by atoms with van der Waals surface area (Å²) < 4.78 is 15.3. The molecule has 0 aliphatic rings. The summed E-state index contributed by atoms with van der Waals surface area (Å²) >= 11 is 0. The predicted octanol–water partition coefficient (Wildman–Crippen LogP) is 1.99. The molecule has 1 amide bonds. The number of fused-ring (bicyclic) bond motifs is 1. The van der Waals surface area contributed by atoms with E-state index in [9.17, 15) is 9.18 Å². The van der Waals surface area contributed by atoms with E-state index in [2.05, 4.69) is 15.4 Å². The maximum absolute atomic E-state index is 13.8. The van der Waals surface area contributed by atoms with Gasteiger partial charge < -0.3 is 5.32 Å². The average Bonchev–Trinajstić information content (AvgIpc) is 2.93. The molecule has 2 aromatic heterocycles. The van der Waals surface area contributed by atoms with Crippen molar-refractivity contribution in [2.75, 3.05) is 5.32 Å². The van der Waals surface area contributed by atoms with Gasteiger partial charge in [0.25, 0.3) is 5.91 Å². The van der Waals surface area contributed by atoms with E-state index < -0.39 is 11.7 Å². The van der Waals surface area contributed by atoms with E-state index in [0.717, 1.165) is 6.07 Å². The highest BCUT2D eigenvalue weighted by atomic mass is 19.1. The van der Waals surface area contributed by atoms with Crippen molar-refractivity contribution in [1.29, 1.82) is 5.26 Å². The van der Waals surface area contributed by atoms with E-state index in [1.54, 1.807) is 12.4 Å². The highest BCUT2D eigenvalue weighted by Gasteiger charge is 2.14. The maximum atomic E-state index is 13.8. The Hall–Kier alpha value is -3.27. The van der Waals surface area contributed by atoms with E-state index in [1.165, 1.54) is 29.0 Å². The van der Waals surface area contributed by atoms with Crippen LogP contribution in [0.2, 0.25) is 0 Å². The Balaban J connectivity index is 1.92. The molecule has 0 unspecified atom stereocenters. The molecule has 0 radical (unpaired) electrons. The monoisotopic (exact) mass is 281 g/mol. The summed E-state index contributed by atoms with van der Waals surface area (Å²) in [5, 5.41) is 15.1. The van der Waals surface area contributed by atoms with Gasteiger partial charge in [0.1, 0.15) is 5.82 Å². The van der Waals surface area contributed by atoms with Crippen molar-refractivity contribution >= 4 is 17.1 Å². The summed E-state index contributed by atoms with van der Waals surface area (Å²) in [6.45, 7) is 0. The number of carbonyl (C=O) groups excluding carboxylic acids is 1. The number of hydrogen-bond acceptors (Lipinski definition) is 4. The van der Waals surface area contributed by atoms with Gasteiger partial charge in [-0.1, -0.05) is 0 Å². The van der Waals surface area contributed by atoms with Gasteiger partial charge in [-0.3, -0.25) is 9.78 Å². The molecule has 102 valence electrons. The predicted molar refractivity (Wildman–Crippen MR) is 72.1 cm³/mol. The molecule has 6 nitrogen and oxygen atoms in total. The topological polar surface area (TPSA) is 83.1 Å². The summed E-state index contributed by atoms with van der Waals surface area (Å²) in [5.41, 5.74) is 0.990. The first-order valence-corrected chi connectivity index (χ1v) is 5.97. The Bertz CT molecular complexity index is 880. The van der Waals surface area contributed by atoms with Crippen LogP contribution in [-0.4, -0.2) is 20.5 Å². The Kier molecular flexibility index (Phi) is 3.04. The van der Waals surface area contributed by atoms with Gasteiger partial charge in [-0.05, 0) is 18.2 Å². The van der Waals surface area contributed by atoms with Crippen molar-refractivity contribution in [1.82, 2.24) is 14.6 Å². The summed E-state index contributed by atoms with van der Waals surface area (Å²) in [5.74, 6) is -1.17. The second kappa shape index (κ2) is 5.02. The minimum Gasteiger partial charge on any atom is -0.319 e. The quantitative estimate of drug-likeness (QED) is 0.778. The van der Waals surface area contributed by atoms with Crippen molar-refractivity contribution < 1.29 is 9.18 Å². The maximum Gasteiger partial charge on any atom is 0.259 e. The molecule has 0 bridgehead atoms. The number of rotatable bonds is 2. The fourth-order valence-corrected chi connectivity index (χ4v) is 1.89. The molecule has 0 spiro atoms. The first-order valence-electron chi connectivity index (χ1n) is 5.97. The van der Waals surface area contributed by atoms with Crippen molar-refractivity contribution in [3.63, 3.8) is 0 Å². The minimum atomic E-state index is -0.669. The van der Waals surface area contributed by atoms with Crippen LogP contribution in [0.1, 0.15) is 15.9 Å². The van der Waals surface area contributed by atoms with E-state index in [1.807, 2.05) is 6.07 Å². The van der Waals surface area contributed by atoms with Crippen LogP contribution in [0.5, 0.6) is 0 Å². The summed E-state index contributed by atoms with van der Waals surface area (Å²) in [4.78, 5) is 16.1. The number of benzene rings is 1. The van der Waals surface area contributed by atoms with Gasteiger partial charge in [0, 0.05) is 12.4 Å². The molecule has 1 aromatic carbocycles. The molecule has 21 heavy (non-hydrogen) atoms. The number of hydrogen-bond donors (Lipinski definition) is 1. The number of nitriles is 1. The number of carbonyl (C=O) groups is 1. The lowest BCUT2D eigenvalue weighted by Gasteiger charge is -2.05. The van der Waals surface area contributed by atoms with Crippen LogP contribution >= 0.6 is 0 Å². The van der Waals surface area contributed by atoms with Gasteiger partial charge in [-0.2, -0.15) is 10.4 Å². The van der Waals surface area contributed by atoms with Crippen LogP contribution in [0.4, 0.5) is 10.1 Å². The summed E-state index contributed by atoms with van der Waals surface area (Å²) in [6, 6.07) is 5.66. The number of amides is 1. The first-order chi connectivity index (χ1) is 10.2. The van der Waals surface area contributed by atoms with Crippen LogP contribution in [0.15, 0.2) is 43.0 Å². The minimum absolute atomic E-state index is 0.00207. The highest BCUT2D eigenvalue weighted by Crippen LogP contribution is 2.17. The number of anilines is 1. The van der Waals surface area contributed by atoms with Crippen molar-refractivity contribution in [3.8, 4) is 6.07 Å². The fraction of sp³-hybridized carbons (Fsp3) is 0. The lowest BCUT2D eigenvalue weighted by molar-refractivity contribution is 0.102. The third-order valence-corrected chi connectivity index (χ3v) is 2.92.